The molecule has 0 bridgehead atoms. The van der Waals surface area contributed by atoms with Gasteiger partial charge in [-0.15, -0.1) is 0 Å². The second-order valence-electron chi connectivity index (χ2n) is 4.69. The molecular weight excluding hydrogens is 264 g/mol. The molecule has 4 nitrogen and oxygen atoms in total. The molecule has 1 aliphatic heterocycles. The molecule has 0 radical (unpaired) electrons. The van der Waals surface area contributed by atoms with Crippen molar-refractivity contribution >= 4 is 17.5 Å². The second kappa shape index (κ2) is 6.78. The van der Waals surface area contributed by atoms with Gasteiger partial charge in [0.25, 0.3) is 5.91 Å². The molecule has 0 saturated carbocycles. The van der Waals surface area contributed by atoms with E-state index in [1.165, 1.54) is 0 Å². The van der Waals surface area contributed by atoms with Gasteiger partial charge in [0.15, 0.2) is 6.61 Å². The van der Waals surface area contributed by atoms with Crippen LogP contribution in [0.25, 0.3) is 0 Å². The molecule has 1 aromatic carbocycles. The van der Waals surface area contributed by atoms with Gasteiger partial charge in [-0.05, 0) is 37.2 Å². The van der Waals surface area contributed by atoms with E-state index in [1.54, 1.807) is 24.3 Å². The molecule has 104 valence electrons. The summed E-state index contributed by atoms with van der Waals surface area (Å²) < 4.78 is 5.40. The van der Waals surface area contributed by atoms with Gasteiger partial charge >= 0.3 is 0 Å². The summed E-state index contributed by atoms with van der Waals surface area (Å²) in [5.74, 6) is 0.582. The van der Waals surface area contributed by atoms with Gasteiger partial charge < -0.3 is 15.0 Å². The van der Waals surface area contributed by atoms with E-state index in [2.05, 4.69) is 17.1 Å². The molecule has 1 heterocycles. The zero-order chi connectivity index (χ0) is 13.7. The minimum absolute atomic E-state index is 0.0459. The summed E-state index contributed by atoms with van der Waals surface area (Å²) in [4.78, 5) is 14.1. The van der Waals surface area contributed by atoms with Crippen molar-refractivity contribution in [2.45, 2.75) is 19.4 Å². The molecule has 1 N–H and O–H groups in total. The van der Waals surface area contributed by atoms with E-state index >= 15 is 0 Å². The number of amides is 1. The molecule has 1 saturated heterocycles. The molecule has 5 heteroatoms. The van der Waals surface area contributed by atoms with Crippen LogP contribution in [0.3, 0.4) is 0 Å². The van der Waals surface area contributed by atoms with Gasteiger partial charge in [-0.1, -0.05) is 18.5 Å². The fourth-order valence-corrected chi connectivity index (χ4v) is 2.31. The molecule has 0 aromatic heterocycles. The molecule has 19 heavy (non-hydrogen) atoms. The Morgan fingerprint density at radius 3 is 2.84 bits per heavy atom. The van der Waals surface area contributed by atoms with E-state index in [0.717, 1.165) is 26.1 Å². The molecule has 1 amide bonds. The van der Waals surface area contributed by atoms with Crippen LogP contribution in [0.4, 0.5) is 0 Å². The fourth-order valence-electron chi connectivity index (χ4n) is 2.19. The summed E-state index contributed by atoms with van der Waals surface area (Å²) in [6.45, 7) is 5.20. The maximum absolute atomic E-state index is 11.8. The third kappa shape index (κ3) is 4.40. The largest absolute Gasteiger partial charge is 0.484 e. The fraction of sp³-hybridized carbons (Fsp3) is 0.500. The minimum atomic E-state index is -0.0714. The van der Waals surface area contributed by atoms with Gasteiger partial charge in [-0.3, -0.25) is 4.79 Å². The lowest BCUT2D eigenvalue weighted by Gasteiger charge is -2.14. The first-order valence-corrected chi connectivity index (χ1v) is 6.95. The Kier molecular flexibility index (Phi) is 5.05. The topological polar surface area (TPSA) is 41.6 Å². The predicted octanol–water partition coefficient (Wildman–Crippen LogP) is 1.93. The third-order valence-electron chi connectivity index (χ3n) is 3.27. The average Bonchev–Trinajstić information content (AvgIpc) is 2.86. The Balaban J connectivity index is 1.71. The number of carbonyl (C=O) groups excluding carboxylic acids is 1. The first-order chi connectivity index (χ1) is 9.17. The van der Waals surface area contributed by atoms with E-state index in [1.807, 2.05) is 0 Å². The Bertz CT molecular complexity index is 422. The van der Waals surface area contributed by atoms with Crippen LogP contribution in [0.1, 0.15) is 13.3 Å². The van der Waals surface area contributed by atoms with Crippen molar-refractivity contribution in [3.63, 3.8) is 0 Å². The number of carbonyl (C=O) groups is 1. The molecule has 0 aliphatic carbocycles. The highest BCUT2D eigenvalue weighted by atomic mass is 35.5. The quantitative estimate of drug-likeness (QED) is 0.897. The van der Waals surface area contributed by atoms with Crippen molar-refractivity contribution in [1.29, 1.82) is 0 Å². The summed E-state index contributed by atoms with van der Waals surface area (Å²) in [6.07, 6.45) is 1.01. The van der Waals surface area contributed by atoms with Gasteiger partial charge in [0.1, 0.15) is 5.75 Å². The van der Waals surface area contributed by atoms with Crippen LogP contribution >= 0.6 is 11.6 Å². The van der Waals surface area contributed by atoms with E-state index in [-0.39, 0.29) is 18.6 Å². The second-order valence-corrected chi connectivity index (χ2v) is 5.13. The Hall–Kier alpha value is -1.26. The molecule has 1 aliphatic rings. The predicted molar refractivity (Wildman–Crippen MR) is 75.6 cm³/mol. The number of likely N-dealkylation sites (N-methyl/N-ethyl adjacent to an activating group) is 1. The summed E-state index contributed by atoms with van der Waals surface area (Å²) in [5, 5.41) is 3.65. The molecule has 0 spiro atoms. The van der Waals surface area contributed by atoms with Crippen molar-refractivity contribution in [3.05, 3.63) is 29.3 Å². The van der Waals surface area contributed by atoms with Crippen LogP contribution in [0.5, 0.6) is 5.75 Å². The molecule has 2 rings (SSSR count). The van der Waals surface area contributed by atoms with E-state index in [0.29, 0.717) is 10.8 Å². The summed E-state index contributed by atoms with van der Waals surface area (Å²) in [6, 6.07) is 7.24. The van der Waals surface area contributed by atoms with Crippen molar-refractivity contribution in [2.75, 3.05) is 26.2 Å². The van der Waals surface area contributed by atoms with E-state index < -0.39 is 0 Å². The SMILES string of the molecule is CCN1CC[C@H](NC(=O)COc2ccc(Cl)cc2)C1. The Labute approximate surface area is 118 Å². The molecule has 0 unspecified atom stereocenters. The molecule has 1 aromatic rings. The maximum Gasteiger partial charge on any atom is 0.258 e. The van der Waals surface area contributed by atoms with Gasteiger partial charge in [0.2, 0.25) is 0 Å². The first-order valence-electron chi connectivity index (χ1n) is 6.57. The third-order valence-corrected chi connectivity index (χ3v) is 3.52. The maximum atomic E-state index is 11.8. The number of ether oxygens (including phenoxy) is 1. The number of benzene rings is 1. The highest BCUT2D eigenvalue weighted by Gasteiger charge is 2.22. The molecule has 1 atom stereocenters. The number of nitrogens with one attached hydrogen (secondary N) is 1. The highest BCUT2D eigenvalue weighted by molar-refractivity contribution is 6.30. The van der Waals surface area contributed by atoms with Gasteiger partial charge in [0, 0.05) is 24.2 Å². The lowest BCUT2D eigenvalue weighted by molar-refractivity contribution is -0.123. The Morgan fingerprint density at radius 1 is 1.47 bits per heavy atom. The van der Waals surface area contributed by atoms with Crippen LogP contribution in [0, 0.1) is 0 Å². The standard InChI is InChI=1S/C14H19ClN2O2/c1-2-17-8-7-12(9-17)16-14(18)10-19-13-5-3-11(15)4-6-13/h3-6,12H,2,7-10H2,1H3,(H,16,18)/t12-/m0/s1. The van der Waals surface area contributed by atoms with Crippen molar-refractivity contribution < 1.29 is 9.53 Å². The van der Waals surface area contributed by atoms with Gasteiger partial charge in [0.05, 0.1) is 0 Å². The average molecular weight is 283 g/mol. The van der Waals surface area contributed by atoms with E-state index in [9.17, 15) is 4.79 Å². The van der Waals surface area contributed by atoms with Crippen molar-refractivity contribution in [1.82, 2.24) is 10.2 Å². The summed E-state index contributed by atoms with van der Waals surface area (Å²) in [5.41, 5.74) is 0. The smallest absolute Gasteiger partial charge is 0.258 e. The van der Waals surface area contributed by atoms with Crippen molar-refractivity contribution in [2.24, 2.45) is 0 Å². The summed E-state index contributed by atoms with van der Waals surface area (Å²) in [7, 11) is 0. The monoisotopic (exact) mass is 282 g/mol. The number of halogens is 1. The summed E-state index contributed by atoms with van der Waals surface area (Å²) >= 11 is 5.78. The Morgan fingerprint density at radius 2 is 2.21 bits per heavy atom. The van der Waals surface area contributed by atoms with Crippen LogP contribution in [0.2, 0.25) is 5.02 Å². The number of hydrogen-bond acceptors (Lipinski definition) is 3. The van der Waals surface area contributed by atoms with Crippen molar-refractivity contribution in [3.8, 4) is 5.75 Å². The number of nitrogens with zero attached hydrogens (tertiary/aromatic N) is 1. The first kappa shape index (κ1) is 14.2. The minimum Gasteiger partial charge on any atom is -0.484 e. The lowest BCUT2D eigenvalue weighted by atomic mass is 10.2. The van der Waals surface area contributed by atoms with Gasteiger partial charge in [-0.2, -0.15) is 0 Å². The zero-order valence-electron chi connectivity index (χ0n) is 11.1. The molecule has 1 fully saturated rings. The van der Waals surface area contributed by atoms with Crippen LogP contribution < -0.4 is 10.1 Å². The van der Waals surface area contributed by atoms with E-state index in [4.69, 9.17) is 16.3 Å². The van der Waals surface area contributed by atoms with Crippen LogP contribution in [-0.4, -0.2) is 43.1 Å². The van der Waals surface area contributed by atoms with Crippen LogP contribution in [0.15, 0.2) is 24.3 Å². The normalized spacial score (nSPS) is 19.4. The number of rotatable bonds is 5. The number of hydrogen-bond donors (Lipinski definition) is 1. The molecular formula is C14H19ClN2O2. The van der Waals surface area contributed by atoms with Gasteiger partial charge in [-0.25, -0.2) is 0 Å². The van der Waals surface area contributed by atoms with Crippen LogP contribution in [-0.2, 0) is 4.79 Å². The zero-order valence-corrected chi connectivity index (χ0v) is 11.8. The lowest BCUT2D eigenvalue weighted by Crippen LogP contribution is -2.39. The highest BCUT2D eigenvalue weighted by Crippen LogP contribution is 2.15. The number of likely N-dealkylation sites (tertiary alicyclic amines) is 1.